The third kappa shape index (κ3) is 14.0. The van der Waals surface area contributed by atoms with Gasteiger partial charge < -0.3 is 13.3 Å². The molecule has 3 aromatic heterocycles. The molecule has 26 aromatic carbocycles. The summed E-state index contributed by atoms with van der Waals surface area (Å²) in [7, 11) is 0. The SMILES string of the molecule is [2H]c1c([2H])c([2H])c2c(-c3ccc4oc5cc6ccccc6cc5c4c3)c3c([2H])c([2H])c([2H])c([2H])c3c(-c3cc(-c4ccccc4)c4ccccc4c3)c2c1[2H].[2H]c1c([2H])c([2H])c2c(-c3ccc4oc5cc6ccccc6cc5c4c3)c3c([2H])c([2H])c([2H])c([2H])c3c(-c3cc(-c4ccccc4)cc(-c4ccccc4)c3)c2c1[2H].[2H]c1c([2H])c([2H])c2c(-c3ccc4oc5cc6ccccc6cc5c4c3)c3c([2H])c([2H])c([2H])c([2H])c3c(-c3ccc(-c4ccccc4)cc3)c2c1[2H]. The van der Waals surface area contributed by atoms with E-state index in [9.17, 15) is 16.4 Å². The zero-order chi connectivity index (χ0) is 112. The van der Waals surface area contributed by atoms with Gasteiger partial charge in [-0.1, -0.05) is 406 Å². The van der Waals surface area contributed by atoms with E-state index < -0.39 is 72.5 Å². The van der Waals surface area contributed by atoms with Crippen LogP contribution in [0.5, 0.6) is 0 Å². The van der Waals surface area contributed by atoms with Gasteiger partial charge in [0.05, 0.1) is 32.9 Å². The fourth-order valence-electron chi connectivity index (χ4n) is 20.6. The largest absolute Gasteiger partial charge is 0.456 e. The quantitative estimate of drug-likeness (QED) is 0.128. The molecule has 0 aliphatic heterocycles. The van der Waals surface area contributed by atoms with E-state index >= 15 is 0 Å². The van der Waals surface area contributed by atoms with Gasteiger partial charge in [-0.05, 0) is 322 Å². The number of hydrogen-bond donors (Lipinski definition) is 0. The van der Waals surface area contributed by atoms with E-state index in [4.69, 9.17) is 29.7 Å². The van der Waals surface area contributed by atoms with Gasteiger partial charge in [-0.15, -0.1) is 0 Å². The van der Waals surface area contributed by atoms with E-state index in [0.29, 0.717) is 100 Å². The standard InChI is InChI=1S/C48H30O.C46H28O.C42H26O/c1-3-13-31(14-4-1)36-25-37(32-15-5-2-6-16-32)27-38(26-36)48-41-21-11-9-19-39(41)47(40-20-10-12-22-42(40)48)35-23-24-45-43(29-35)44-28-33-17-7-8-18-34(33)30-46(44)49-45;1-2-12-29(13-3-1)40-27-34(24-32-16-6-7-17-35(32)40)46-38-20-10-8-18-36(38)45(37-19-9-11-21-39(37)46)33-22-23-43-41(26-33)42-25-30-14-4-5-15-31(30)28-44(42)47-43;1-2-10-27(11-3-1)28-18-20-29(21-19-28)41-33-14-6-8-16-35(33)42(36-17-9-7-15-34(36)41)32-22-23-39-37(25-32)38-24-30-12-4-5-13-31(30)26-40(38)43-39/h1-30H;1-28H;1-26H/i9D,10D,11D,12D,19D,20D,21D,22D;8D,9D,10D,11D,18D,19D,20D,21D;6D,7D,8D,9D,14D,15D,16D,17D. The molecular formula is C136H84O3. The van der Waals surface area contributed by atoms with Crippen LogP contribution in [0.15, 0.2) is 522 Å². The molecule has 139 heavy (non-hydrogen) atoms. The minimum atomic E-state index is -0.441. The highest BCUT2D eigenvalue weighted by Gasteiger charge is 2.25. The summed E-state index contributed by atoms with van der Waals surface area (Å²) in [5, 5.41) is 15.0. The van der Waals surface area contributed by atoms with E-state index in [-0.39, 0.29) is 137 Å². The molecule has 0 amide bonds. The highest BCUT2D eigenvalue weighted by atomic mass is 16.3. The third-order valence-electron chi connectivity index (χ3n) is 27.0. The summed E-state index contributed by atoms with van der Waals surface area (Å²) < 4.78 is 238. The first-order valence-corrected chi connectivity index (χ1v) is 45.8. The van der Waals surface area contributed by atoms with Gasteiger partial charge in [0.2, 0.25) is 0 Å². The molecule has 0 bridgehead atoms. The number of hydrogen-bond acceptors (Lipinski definition) is 3. The highest BCUT2D eigenvalue weighted by Crippen LogP contribution is 2.52. The summed E-state index contributed by atoms with van der Waals surface area (Å²) in [6, 6.07) is 108. The monoisotopic (exact) mass is 1790 g/mol. The molecule has 0 N–H and O–H groups in total. The fraction of sp³-hybridized carbons (Fsp3) is 0. The van der Waals surface area contributed by atoms with Gasteiger partial charge in [0, 0.05) is 32.3 Å². The smallest absolute Gasteiger partial charge is 0.136 e. The van der Waals surface area contributed by atoms with Crippen molar-refractivity contribution in [3.63, 3.8) is 0 Å². The first kappa shape index (κ1) is 59.4. The van der Waals surface area contributed by atoms with Crippen molar-refractivity contribution in [2.45, 2.75) is 0 Å². The lowest BCUT2D eigenvalue weighted by Gasteiger charge is -2.19. The Balaban J connectivity index is 0.000000118. The molecule has 29 rings (SSSR count). The van der Waals surface area contributed by atoms with Crippen LogP contribution < -0.4 is 0 Å². The van der Waals surface area contributed by atoms with Gasteiger partial charge in [0.25, 0.3) is 0 Å². The van der Waals surface area contributed by atoms with E-state index in [1.54, 1.807) is 24.3 Å². The van der Waals surface area contributed by atoms with Crippen LogP contribution in [0.3, 0.4) is 0 Å². The molecule has 0 saturated carbocycles. The first-order valence-electron chi connectivity index (χ1n) is 57.8. The van der Waals surface area contributed by atoms with Crippen molar-refractivity contribution in [3.8, 4) is 111 Å². The molecule has 0 aliphatic rings. The molecule has 3 heterocycles. The van der Waals surface area contributed by atoms with Crippen LogP contribution in [-0.2, 0) is 0 Å². The molecule has 0 spiro atoms. The van der Waals surface area contributed by atoms with Crippen molar-refractivity contribution in [2.75, 3.05) is 0 Å². The van der Waals surface area contributed by atoms with Gasteiger partial charge >= 0.3 is 0 Å². The minimum absolute atomic E-state index is 0.164. The molecule has 646 valence electrons. The zero-order valence-corrected chi connectivity index (χ0v) is 73.9. The summed E-state index contributed by atoms with van der Waals surface area (Å²) in [6.45, 7) is 0. The lowest BCUT2D eigenvalue weighted by Crippen LogP contribution is -1.92. The molecule has 0 unspecified atom stereocenters. The first-order chi connectivity index (χ1) is 78.9. The maximum Gasteiger partial charge on any atom is 0.136 e. The Morgan fingerprint density at radius 3 is 0.669 bits per heavy atom. The van der Waals surface area contributed by atoms with Crippen molar-refractivity contribution < 1.29 is 46.1 Å². The van der Waals surface area contributed by atoms with Crippen LogP contribution in [0.1, 0.15) is 32.9 Å². The van der Waals surface area contributed by atoms with Gasteiger partial charge in [-0.2, -0.15) is 0 Å². The van der Waals surface area contributed by atoms with Crippen molar-refractivity contribution in [1.82, 2.24) is 0 Å². The number of benzene rings is 26. The average molecular weight is 1790 g/mol. The van der Waals surface area contributed by atoms with Crippen LogP contribution in [0.25, 0.3) is 285 Å². The molecule has 0 saturated heterocycles. The summed E-state index contributed by atoms with van der Waals surface area (Å²) in [6.07, 6.45) is 0. The Hall–Kier alpha value is -18.3. The Bertz CT molecular complexity index is 11300. The summed E-state index contributed by atoms with van der Waals surface area (Å²) in [4.78, 5) is 0. The van der Waals surface area contributed by atoms with E-state index in [0.717, 1.165) is 120 Å². The zero-order valence-electron chi connectivity index (χ0n) is 97.9. The molecular weight excluding hydrogens is 1680 g/mol. The van der Waals surface area contributed by atoms with Crippen LogP contribution >= 0.6 is 0 Å². The Labute approximate surface area is 835 Å². The fourth-order valence-corrected chi connectivity index (χ4v) is 20.6. The van der Waals surface area contributed by atoms with Crippen LogP contribution in [0.4, 0.5) is 0 Å². The number of furan rings is 3. The lowest BCUT2D eigenvalue weighted by atomic mass is 9.84. The lowest BCUT2D eigenvalue weighted by molar-refractivity contribution is 0.669. The van der Waals surface area contributed by atoms with Crippen molar-refractivity contribution in [2.24, 2.45) is 0 Å². The molecule has 0 radical (unpaired) electrons. The molecule has 0 atom stereocenters. The predicted octanol–water partition coefficient (Wildman–Crippen LogP) is 39.0. The predicted molar refractivity (Wildman–Crippen MR) is 591 cm³/mol. The number of rotatable bonds is 10. The maximum atomic E-state index is 9.50. The molecule has 0 aliphatic carbocycles. The second-order valence-electron chi connectivity index (χ2n) is 34.9. The van der Waals surface area contributed by atoms with Crippen LogP contribution in [0, 0.1) is 0 Å². The average Bonchev–Trinajstić information content (AvgIpc) is 0.942. The highest BCUT2D eigenvalue weighted by molar-refractivity contribution is 6.27. The van der Waals surface area contributed by atoms with Crippen molar-refractivity contribution in [3.05, 3.63) is 509 Å². The summed E-state index contributed by atoms with van der Waals surface area (Å²) in [5.74, 6) is 0. The van der Waals surface area contributed by atoms with Gasteiger partial charge in [0.15, 0.2) is 0 Å². The molecule has 3 nitrogen and oxygen atoms in total. The van der Waals surface area contributed by atoms with E-state index in [1.165, 1.54) is 0 Å². The van der Waals surface area contributed by atoms with Crippen LogP contribution in [0.2, 0.25) is 0 Å². The Morgan fingerprint density at radius 2 is 0.345 bits per heavy atom. The number of fused-ring (bicyclic) bond motifs is 19. The second kappa shape index (κ2) is 33.4. The topological polar surface area (TPSA) is 39.4 Å². The van der Waals surface area contributed by atoms with Crippen molar-refractivity contribution >= 4 is 174 Å². The van der Waals surface area contributed by atoms with Gasteiger partial charge in [-0.25, -0.2) is 0 Å². The third-order valence-corrected chi connectivity index (χ3v) is 27.0. The molecule has 3 heteroatoms. The van der Waals surface area contributed by atoms with E-state index in [1.807, 2.05) is 315 Å². The Kier molecular flexibility index (Phi) is 14.3. The normalized spacial score (nSPS) is 14.2. The van der Waals surface area contributed by atoms with Gasteiger partial charge in [0.1, 0.15) is 33.5 Å². The van der Waals surface area contributed by atoms with Crippen molar-refractivity contribution in [1.29, 1.82) is 0 Å². The minimum Gasteiger partial charge on any atom is -0.456 e. The molecule has 29 aromatic rings. The van der Waals surface area contributed by atoms with Gasteiger partial charge in [-0.3, -0.25) is 0 Å². The van der Waals surface area contributed by atoms with Crippen LogP contribution in [-0.4, -0.2) is 0 Å². The molecule has 0 fully saturated rings. The second-order valence-corrected chi connectivity index (χ2v) is 34.9. The summed E-state index contributed by atoms with van der Waals surface area (Å²) >= 11 is 0. The Morgan fingerprint density at radius 1 is 0.122 bits per heavy atom. The maximum absolute atomic E-state index is 9.50. The summed E-state index contributed by atoms with van der Waals surface area (Å²) in [5.41, 5.74) is 16.3. The van der Waals surface area contributed by atoms with E-state index in [2.05, 4.69) is 24.3 Å².